The highest BCUT2D eigenvalue weighted by Crippen LogP contribution is 2.26. The summed E-state index contributed by atoms with van der Waals surface area (Å²) >= 11 is 0. The summed E-state index contributed by atoms with van der Waals surface area (Å²) in [5.41, 5.74) is 1.67. The van der Waals surface area contributed by atoms with Crippen LogP contribution in [-0.4, -0.2) is 34.7 Å². The van der Waals surface area contributed by atoms with E-state index in [9.17, 15) is 4.79 Å². The van der Waals surface area contributed by atoms with Gasteiger partial charge < -0.3 is 9.64 Å². The van der Waals surface area contributed by atoms with Crippen LogP contribution in [0.1, 0.15) is 50.9 Å². The molecule has 1 atom stereocenters. The molecule has 1 aliphatic heterocycles. The fourth-order valence-electron chi connectivity index (χ4n) is 2.50. The highest BCUT2D eigenvalue weighted by Gasteiger charge is 2.28. The summed E-state index contributed by atoms with van der Waals surface area (Å²) < 4.78 is 5.45. The summed E-state index contributed by atoms with van der Waals surface area (Å²) in [4.78, 5) is 18.5. The van der Waals surface area contributed by atoms with E-state index in [4.69, 9.17) is 4.74 Å². The molecule has 110 valence electrons. The van der Waals surface area contributed by atoms with Crippen molar-refractivity contribution in [2.24, 2.45) is 0 Å². The number of ether oxygens (including phenoxy) is 1. The number of nitrogens with zero attached hydrogens (tertiary/aromatic N) is 2. The van der Waals surface area contributed by atoms with Crippen LogP contribution in [0.25, 0.3) is 0 Å². The Kier molecular flexibility index (Phi) is 4.31. The van der Waals surface area contributed by atoms with Crippen LogP contribution < -0.4 is 0 Å². The molecule has 1 aliphatic rings. The van der Waals surface area contributed by atoms with Crippen LogP contribution in [0.15, 0.2) is 18.2 Å². The van der Waals surface area contributed by atoms with E-state index in [1.54, 1.807) is 0 Å². The number of likely N-dealkylation sites (tertiary alicyclic amines) is 1. The van der Waals surface area contributed by atoms with Gasteiger partial charge in [0.05, 0.1) is 0 Å². The van der Waals surface area contributed by atoms with E-state index in [-0.39, 0.29) is 6.09 Å². The second-order valence-electron chi connectivity index (χ2n) is 6.47. The second-order valence-corrected chi connectivity index (χ2v) is 6.47. The van der Waals surface area contributed by atoms with Gasteiger partial charge in [-0.05, 0) is 52.7 Å². The van der Waals surface area contributed by atoms with Gasteiger partial charge in [-0.1, -0.05) is 6.07 Å². The SMILES string of the molecule is Cc1cccc([C@H]2CCCN(C(=O)OC(C)(C)C)C2)n1. The molecule has 1 aromatic heterocycles. The number of hydrogen-bond acceptors (Lipinski definition) is 3. The lowest BCUT2D eigenvalue weighted by atomic mass is 9.94. The van der Waals surface area contributed by atoms with Gasteiger partial charge in [0.1, 0.15) is 5.60 Å². The van der Waals surface area contributed by atoms with Crippen molar-refractivity contribution in [1.82, 2.24) is 9.88 Å². The molecule has 0 N–H and O–H groups in total. The molecular weight excluding hydrogens is 252 g/mol. The molecule has 1 aromatic rings. The maximum Gasteiger partial charge on any atom is 0.410 e. The quantitative estimate of drug-likeness (QED) is 0.788. The van der Waals surface area contributed by atoms with Crippen LogP contribution in [0.3, 0.4) is 0 Å². The Morgan fingerprint density at radius 2 is 2.15 bits per heavy atom. The maximum absolute atomic E-state index is 12.1. The Morgan fingerprint density at radius 1 is 1.40 bits per heavy atom. The minimum atomic E-state index is -0.439. The van der Waals surface area contributed by atoms with E-state index in [1.807, 2.05) is 44.7 Å². The van der Waals surface area contributed by atoms with E-state index < -0.39 is 5.60 Å². The minimum absolute atomic E-state index is 0.213. The number of carbonyl (C=O) groups excluding carboxylic acids is 1. The molecule has 0 aromatic carbocycles. The third kappa shape index (κ3) is 3.95. The Morgan fingerprint density at radius 3 is 2.80 bits per heavy atom. The first-order valence-electron chi connectivity index (χ1n) is 7.26. The Labute approximate surface area is 121 Å². The van der Waals surface area contributed by atoms with E-state index in [0.29, 0.717) is 12.5 Å². The molecule has 4 heteroatoms. The van der Waals surface area contributed by atoms with Gasteiger partial charge in [0.15, 0.2) is 0 Å². The number of amides is 1. The van der Waals surface area contributed by atoms with E-state index >= 15 is 0 Å². The zero-order chi connectivity index (χ0) is 14.8. The molecule has 4 nitrogen and oxygen atoms in total. The lowest BCUT2D eigenvalue weighted by molar-refractivity contribution is 0.0197. The number of hydrogen-bond donors (Lipinski definition) is 0. The molecule has 0 saturated carbocycles. The standard InChI is InChI=1S/C16H24N2O2/c1-12-7-5-9-14(17-12)13-8-6-10-18(11-13)15(19)20-16(2,3)4/h5,7,9,13H,6,8,10-11H2,1-4H3/t13-/m0/s1. The van der Waals surface area contributed by atoms with Crippen molar-refractivity contribution in [3.05, 3.63) is 29.6 Å². The zero-order valence-corrected chi connectivity index (χ0v) is 12.8. The van der Waals surface area contributed by atoms with Crippen LogP contribution in [0.5, 0.6) is 0 Å². The second kappa shape index (κ2) is 5.81. The van der Waals surface area contributed by atoms with Crippen molar-refractivity contribution < 1.29 is 9.53 Å². The Hall–Kier alpha value is -1.58. The summed E-state index contributed by atoms with van der Waals surface area (Å²) in [5.74, 6) is 0.316. The number of pyridine rings is 1. The van der Waals surface area contributed by atoms with Crippen molar-refractivity contribution in [2.45, 2.75) is 52.1 Å². The summed E-state index contributed by atoms with van der Waals surface area (Å²) in [6, 6.07) is 6.08. The first-order valence-corrected chi connectivity index (χ1v) is 7.26. The highest BCUT2D eigenvalue weighted by atomic mass is 16.6. The molecule has 0 spiro atoms. The molecular formula is C16H24N2O2. The fourth-order valence-corrected chi connectivity index (χ4v) is 2.50. The number of aromatic nitrogens is 1. The molecule has 1 saturated heterocycles. The molecule has 0 unspecified atom stereocenters. The van der Waals surface area contributed by atoms with Crippen LogP contribution in [0.4, 0.5) is 4.79 Å². The lowest BCUT2D eigenvalue weighted by Gasteiger charge is -2.34. The van der Waals surface area contributed by atoms with Crippen molar-refractivity contribution in [3.8, 4) is 0 Å². The summed E-state index contributed by atoms with van der Waals surface area (Å²) in [7, 11) is 0. The van der Waals surface area contributed by atoms with Gasteiger partial charge in [-0.15, -0.1) is 0 Å². The fraction of sp³-hybridized carbons (Fsp3) is 0.625. The summed E-state index contributed by atoms with van der Waals surface area (Å²) in [6.07, 6.45) is 1.87. The van der Waals surface area contributed by atoms with Crippen LogP contribution >= 0.6 is 0 Å². The molecule has 2 heterocycles. The maximum atomic E-state index is 12.1. The molecule has 0 radical (unpaired) electrons. The Balaban J connectivity index is 2.03. The van der Waals surface area contributed by atoms with Gasteiger partial charge in [0, 0.05) is 30.4 Å². The van der Waals surface area contributed by atoms with Gasteiger partial charge in [0.25, 0.3) is 0 Å². The van der Waals surface area contributed by atoms with E-state index in [0.717, 1.165) is 30.8 Å². The molecule has 1 fully saturated rings. The predicted molar refractivity (Wildman–Crippen MR) is 78.8 cm³/mol. The largest absolute Gasteiger partial charge is 0.444 e. The molecule has 0 aliphatic carbocycles. The Bertz CT molecular complexity index is 480. The molecule has 1 amide bonds. The number of aryl methyl sites for hydroxylation is 1. The average molecular weight is 276 g/mol. The van der Waals surface area contributed by atoms with Crippen molar-refractivity contribution in [3.63, 3.8) is 0 Å². The zero-order valence-electron chi connectivity index (χ0n) is 12.8. The normalized spacial score (nSPS) is 19.8. The molecule has 20 heavy (non-hydrogen) atoms. The first kappa shape index (κ1) is 14.8. The van der Waals surface area contributed by atoms with Gasteiger partial charge in [0.2, 0.25) is 0 Å². The van der Waals surface area contributed by atoms with Gasteiger partial charge >= 0.3 is 6.09 Å². The van der Waals surface area contributed by atoms with Crippen LogP contribution in [0.2, 0.25) is 0 Å². The van der Waals surface area contributed by atoms with Crippen molar-refractivity contribution in [2.75, 3.05) is 13.1 Å². The third-order valence-electron chi connectivity index (χ3n) is 3.40. The topological polar surface area (TPSA) is 42.4 Å². The van der Waals surface area contributed by atoms with Gasteiger partial charge in [-0.25, -0.2) is 4.79 Å². The monoisotopic (exact) mass is 276 g/mol. The smallest absolute Gasteiger partial charge is 0.410 e. The van der Waals surface area contributed by atoms with Crippen molar-refractivity contribution in [1.29, 1.82) is 0 Å². The highest BCUT2D eigenvalue weighted by molar-refractivity contribution is 5.68. The molecule has 2 rings (SSSR count). The molecule has 0 bridgehead atoms. The van der Waals surface area contributed by atoms with E-state index in [1.165, 1.54) is 0 Å². The predicted octanol–water partition coefficient (Wildman–Crippen LogP) is 3.50. The van der Waals surface area contributed by atoms with E-state index in [2.05, 4.69) is 11.1 Å². The van der Waals surface area contributed by atoms with Crippen molar-refractivity contribution >= 4 is 6.09 Å². The number of carbonyl (C=O) groups is 1. The van der Waals surface area contributed by atoms with Gasteiger partial charge in [-0.2, -0.15) is 0 Å². The third-order valence-corrected chi connectivity index (χ3v) is 3.40. The van der Waals surface area contributed by atoms with Gasteiger partial charge in [-0.3, -0.25) is 4.98 Å². The lowest BCUT2D eigenvalue weighted by Crippen LogP contribution is -2.42. The van der Waals surface area contributed by atoms with Crippen LogP contribution in [-0.2, 0) is 4.74 Å². The first-order chi connectivity index (χ1) is 9.35. The summed E-state index contributed by atoms with van der Waals surface area (Å²) in [6.45, 7) is 9.16. The summed E-state index contributed by atoms with van der Waals surface area (Å²) in [5, 5.41) is 0. The van der Waals surface area contributed by atoms with Crippen LogP contribution in [0, 0.1) is 6.92 Å². The number of rotatable bonds is 1. The number of piperidine rings is 1. The minimum Gasteiger partial charge on any atom is -0.444 e. The average Bonchev–Trinajstić information content (AvgIpc) is 2.37.